The first-order valence-electron chi connectivity index (χ1n) is 7.19. The Morgan fingerprint density at radius 3 is 2.91 bits per heavy atom. The molecule has 5 heteroatoms. The van der Waals surface area contributed by atoms with Gasteiger partial charge in [0.2, 0.25) is 0 Å². The summed E-state index contributed by atoms with van der Waals surface area (Å²) in [6.07, 6.45) is 3.69. The van der Waals surface area contributed by atoms with E-state index in [-0.39, 0.29) is 18.3 Å². The van der Waals surface area contributed by atoms with Crippen LogP contribution in [0.25, 0.3) is 5.57 Å². The zero-order valence-corrected chi connectivity index (χ0v) is 13.0. The van der Waals surface area contributed by atoms with Crippen molar-refractivity contribution < 1.29 is 18.7 Å². The Balaban J connectivity index is 1.98. The van der Waals surface area contributed by atoms with Crippen molar-refractivity contribution in [2.24, 2.45) is 5.92 Å². The number of allylic oxidation sites excluding steroid dienone is 2. The topological polar surface area (TPSA) is 56.5 Å². The average Bonchev–Trinajstić information content (AvgIpc) is 3.20. The Bertz CT molecular complexity index is 682. The molecule has 2 aromatic heterocycles. The second-order valence-electron chi connectivity index (χ2n) is 5.11. The number of esters is 1. The van der Waals surface area contributed by atoms with Gasteiger partial charge in [-0.15, -0.1) is 11.3 Å². The van der Waals surface area contributed by atoms with E-state index in [0.717, 1.165) is 10.5 Å². The van der Waals surface area contributed by atoms with Crippen molar-refractivity contribution in [1.82, 2.24) is 0 Å². The van der Waals surface area contributed by atoms with Gasteiger partial charge in [0.1, 0.15) is 11.7 Å². The molecule has 0 aromatic carbocycles. The molecule has 2 atom stereocenters. The number of ether oxygens (including phenoxy) is 1. The monoisotopic (exact) mass is 316 g/mol. The number of hydrogen-bond donors (Lipinski definition) is 0. The fourth-order valence-corrected chi connectivity index (χ4v) is 3.65. The number of furan rings is 1. The summed E-state index contributed by atoms with van der Waals surface area (Å²) >= 11 is 1.55. The number of hydrogen-bond acceptors (Lipinski definition) is 5. The molecule has 0 radical (unpaired) electrons. The number of carbonyl (C=O) groups is 2. The Labute approximate surface area is 132 Å². The van der Waals surface area contributed by atoms with Crippen LogP contribution in [0.4, 0.5) is 0 Å². The lowest BCUT2D eigenvalue weighted by atomic mass is 9.77. The SMILES string of the molecule is CCOC(=O)[C@H]1C(=O)C=C(c2ccco2)C[C@@H]1c1cccs1. The molecular weight excluding hydrogens is 300 g/mol. The van der Waals surface area contributed by atoms with Crippen LogP contribution in [-0.2, 0) is 14.3 Å². The third-order valence-electron chi connectivity index (χ3n) is 3.75. The summed E-state index contributed by atoms with van der Waals surface area (Å²) in [5.74, 6) is -0.943. The largest absolute Gasteiger partial charge is 0.465 e. The Morgan fingerprint density at radius 2 is 2.27 bits per heavy atom. The predicted octanol–water partition coefficient (Wildman–Crippen LogP) is 3.66. The maximum atomic E-state index is 12.5. The molecular formula is C17H16O4S. The average molecular weight is 316 g/mol. The standard InChI is InChI=1S/C17H16O4S/c1-2-20-17(19)16-12(15-6-4-8-22-15)9-11(10-13(16)18)14-5-3-7-21-14/h3-8,10,12,16H,2,9H2,1H3/t12-,16-/m1/s1. The second-order valence-corrected chi connectivity index (χ2v) is 6.08. The first-order valence-corrected chi connectivity index (χ1v) is 8.07. The molecule has 0 aliphatic heterocycles. The van der Waals surface area contributed by atoms with Gasteiger partial charge in [-0.1, -0.05) is 6.07 Å². The van der Waals surface area contributed by atoms with Crippen molar-refractivity contribution in [1.29, 1.82) is 0 Å². The summed E-state index contributed by atoms with van der Waals surface area (Å²) in [6, 6.07) is 7.50. The molecule has 0 saturated carbocycles. The molecule has 3 rings (SSSR count). The van der Waals surface area contributed by atoms with Crippen LogP contribution in [0.5, 0.6) is 0 Å². The number of thiophene rings is 1. The van der Waals surface area contributed by atoms with Crippen LogP contribution < -0.4 is 0 Å². The molecule has 4 nitrogen and oxygen atoms in total. The maximum absolute atomic E-state index is 12.5. The van der Waals surface area contributed by atoms with Gasteiger partial charge in [0.25, 0.3) is 0 Å². The summed E-state index contributed by atoms with van der Waals surface area (Å²) in [4.78, 5) is 25.7. The van der Waals surface area contributed by atoms with Crippen molar-refractivity contribution in [3.8, 4) is 0 Å². The lowest BCUT2D eigenvalue weighted by Crippen LogP contribution is -2.33. The van der Waals surface area contributed by atoms with Gasteiger partial charge in [-0.3, -0.25) is 9.59 Å². The molecule has 0 N–H and O–H groups in total. The minimum Gasteiger partial charge on any atom is -0.465 e. The van der Waals surface area contributed by atoms with Gasteiger partial charge in [0, 0.05) is 10.8 Å². The first-order chi connectivity index (χ1) is 10.7. The van der Waals surface area contributed by atoms with Gasteiger partial charge >= 0.3 is 5.97 Å². The molecule has 1 aliphatic rings. The number of rotatable bonds is 4. The van der Waals surface area contributed by atoms with E-state index < -0.39 is 11.9 Å². The van der Waals surface area contributed by atoms with Crippen LogP contribution in [0.15, 0.2) is 46.4 Å². The van der Waals surface area contributed by atoms with Crippen LogP contribution in [0.3, 0.4) is 0 Å². The van der Waals surface area contributed by atoms with Gasteiger partial charge in [-0.05, 0) is 48.6 Å². The number of ketones is 1. The van der Waals surface area contributed by atoms with Crippen LogP contribution in [0.2, 0.25) is 0 Å². The summed E-state index contributed by atoms with van der Waals surface area (Å²) < 4.78 is 10.5. The van der Waals surface area contributed by atoms with Crippen LogP contribution in [-0.4, -0.2) is 18.4 Å². The van der Waals surface area contributed by atoms with Gasteiger partial charge in [0.05, 0.1) is 12.9 Å². The Morgan fingerprint density at radius 1 is 1.41 bits per heavy atom. The quantitative estimate of drug-likeness (QED) is 0.638. The molecule has 0 spiro atoms. The van der Waals surface area contributed by atoms with Gasteiger partial charge in [-0.25, -0.2) is 0 Å². The summed E-state index contributed by atoms with van der Waals surface area (Å²) in [6.45, 7) is 2.02. The van der Waals surface area contributed by atoms with E-state index in [2.05, 4.69) is 0 Å². The molecule has 22 heavy (non-hydrogen) atoms. The Hall–Kier alpha value is -2.14. The zero-order chi connectivity index (χ0) is 15.5. The van der Waals surface area contributed by atoms with E-state index in [9.17, 15) is 9.59 Å². The third-order valence-corrected chi connectivity index (χ3v) is 4.76. The van der Waals surface area contributed by atoms with E-state index in [1.807, 2.05) is 23.6 Å². The molecule has 0 saturated heterocycles. The Kier molecular flexibility index (Phi) is 4.24. The summed E-state index contributed by atoms with van der Waals surface area (Å²) in [5, 5.41) is 1.95. The van der Waals surface area contributed by atoms with E-state index in [0.29, 0.717) is 12.2 Å². The minimum absolute atomic E-state index is 0.198. The lowest BCUT2D eigenvalue weighted by molar-refractivity contribution is -0.151. The fourth-order valence-electron chi connectivity index (χ4n) is 2.79. The maximum Gasteiger partial charge on any atom is 0.317 e. The minimum atomic E-state index is -0.766. The van der Waals surface area contributed by atoms with Crippen LogP contribution in [0.1, 0.15) is 29.9 Å². The van der Waals surface area contributed by atoms with Crippen molar-refractivity contribution in [2.45, 2.75) is 19.3 Å². The fraction of sp³-hybridized carbons (Fsp3) is 0.294. The molecule has 0 unspecified atom stereocenters. The highest BCUT2D eigenvalue weighted by Crippen LogP contribution is 2.41. The summed E-state index contributed by atoms with van der Waals surface area (Å²) in [5.41, 5.74) is 0.828. The molecule has 0 fully saturated rings. The van der Waals surface area contributed by atoms with Crippen molar-refractivity contribution in [2.75, 3.05) is 6.61 Å². The van der Waals surface area contributed by atoms with Crippen molar-refractivity contribution in [3.05, 3.63) is 52.6 Å². The highest BCUT2D eigenvalue weighted by Gasteiger charge is 2.40. The molecule has 0 bridgehead atoms. The first kappa shape index (κ1) is 14.8. The molecule has 2 aromatic rings. The van der Waals surface area contributed by atoms with Crippen LogP contribution in [0, 0.1) is 5.92 Å². The van der Waals surface area contributed by atoms with E-state index >= 15 is 0 Å². The van der Waals surface area contributed by atoms with Gasteiger partial charge in [-0.2, -0.15) is 0 Å². The lowest BCUT2D eigenvalue weighted by Gasteiger charge is -2.27. The molecule has 0 amide bonds. The van der Waals surface area contributed by atoms with Crippen LogP contribution >= 0.6 is 11.3 Å². The van der Waals surface area contributed by atoms with Crippen molar-refractivity contribution in [3.63, 3.8) is 0 Å². The summed E-state index contributed by atoms with van der Waals surface area (Å²) in [7, 11) is 0. The van der Waals surface area contributed by atoms with Gasteiger partial charge in [0.15, 0.2) is 5.78 Å². The highest BCUT2D eigenvalue weighted by molar-refractivity contribution is 7.10. The third kappa shape index (κ3) is 2.76. The normalized spacial score (nSPS) is 21.5. The molecule has 2 heterocycles. The number of carbonyl (C=O) groups excluding carboxylic acids is 2. The molecule has 1 aliphatic carbocycles. The van der Waals surface area contributed by atoms with E-state index in [4.69, 9.17) is 9.15 Å². The van der Waals surface area contributed by atoms with Gasteiger partial charge < -0.3 is 9.15 Å². The molecule has 114 valence electrons. The van der Waals surface area contributed by atoms with Crippen molar-refractivity contribution >= 4 is 28.7 Å². The van der Waals surface area contributed by atoms with E-state index in [1.54, 1.807) is 30.6 Å². The second kappa shape index (κ2) is 6.32. The van der Waals surface area contributed by atoms with E-state index in [1.165, 1.54) is 6.08 Å². The smallest absolute Gasteiger partial charge is 0.317 e. The zero-order valence-electron chi connectivity index (χ0n) is 12.2. The highest BCUT2D eigenvalue weighted by atomic mass is 32.1. The predicted molar refractivity (Wildman–Crippen MR) is 83.5 cm³/mol.